The standard InChI is InChI=1S/C14H18N2O2/c1-2-3-4-9-16-14(18)13-12(8-6-11-17)7-5-10-15-13/h5,7,10,17H,2-4,9,11H2,1H3,(H,16,18). The number of carbonyl (C=O) groups is 1. The summed E-state index contributed by atoms with van der Waals surface area (Å²) >= 11 is 0. The number of carbonyl (C=O) groups excluding carboxylic acids is 1. The van der Waals surface area contributed by atoms with Crippen molar-refractivity contribution in [1.29, 1.82) is 0 Å². The number of aromatic nitrogens is 1. The van der Waals surface area contributed by atoms with Crippen LogP contribution in [0.1, 0.15) is 42.2 Å². The Balaban J connectivity index is 2.67. The number of hydrogen-bond acceptors (Lipinski definition) is 3. The van der Waals surface area contributed by atoms with E-state index in [9.17, 15) is 4.79 Å². The molecule has 0 unspecified atom stereocenters. The van der Waals surface area contributed by atoms with E-state index < -0.39 is 0 Å². The highest BCUT2D eigenvalue weighted by molar-refractivity contribution is 5.94. The van der Waals surface area contributed by atoms with Gasteiger partial charge in [-0.05, 0) is 18.6 Å². The van der Waals surface area contributed by atoms with Crippen LogP contribution in [-0.2, 0) is 0 Å². The van der Waals surface area contributed by atoms with Crippen molar-refractivity contribution < 1.29 is 9.90 Å². The molecule has 0 atom stereocenters. The molecule has 0 saturated heterocycles. The highest BCUT2D eigenvalue weighted by Gasteiger charge is 2.10. The van der Waals surface area contributed by atoms with E-state index in [-0.39, 0.29) is 12.5 Å². The molecular weight excluding hydrogens is 228 g/mol. The van der Waals surface area contributed by atoms with Crippen LogP contribution < -0.4 is 5.32 Å². The molecule has 0 aliphatic heterocycles. The van der Waals surface area contributed by atoms with Gasteiger partial charge in [-0.2, -0.15) is 0 Å². The predicted octanol–water partition coefficient (Wildman–Crippen LogP) is 1.35. The first-order chi connectivity index (χ1) is 8.79. The number of nitrogens with one attached hydrogen (secondary N) is 1. The summed E-state index contributed by atoms with van der Waals surface area (Å²) < 4.78 is 0. The maximum absolute atomic E-state index is 11.9. The van der Waals surface area contributed by atoms with E-state index in [0.29, 0.717) is 17.8 Å². The second-order valence-electron chi connectivity index (χ2n) is 3.82. The molecule has 1 heterocycles. The fraction of sp³-hybridized carbons (Fsp3) is 0.429. The largest absolute Gasteiger partial charge is 0.384 e. The van der Waals surface area contributed by atoms with E-state index in [0.717, 1.165) is 19.3 Å². The molecule has 0 radical (unpaired) electrons. The molecule has 1 aromatic rings. The first-order valence-electron chi connectivity index (χ1n) is 6.12. The summed E-state index contributed by atoms with van der Waals surface area (Å²) in [5, 5.41) is 11.5. The molecule has 0 aromatic carbocycles. The lowest BCUT2D eigenvalue weighted by Crippen LogP contribution is -2.26. The fourth-order valence-electron chi connectivity index (χ4n) is 1.48. The SMILES string of the molecule is CCCCCNC(=O)c1ncccc1C#CCO. The van der Waals surface area contributed by atoms with Gasteiger partial charge in [-0.25, -0.2) is 4.98 Å². The van der Waals surface area contributed by atoms with Crippen molar-refractivity contribution in [3.8, 4) is 11.8 Å². The number of hydrogen-bond donors (Lipinski definition) is 2. The molecule has 1 amide bonds. The molecule has 4 heteroatoms. The van der Waals surface area contributed by atoms with Crippen LogP contribution in [0.5, 0.6) is 0 Å². The minimum absolute atomic E-state index is 0.214. The maximum atomic E-state index is 11.9. The molecule has 0 fully saturated rings. The summed E-state index contributed by atoms with van der Waals surface area (Å²) in [4.78, 5) is 15.9. The van der Waals surface area contributed by atoms with Gasteiger partial charge in [0.25, 0.3) is 5.91 Å². The molecule has 4 nitrogen and oxygen atoms in total. The molecule has 2 N–H and O–H groups in total. The van der Waals surface area contributed by atoms with Gasteiger partial charge in [0.05, 0.1) is 5.56 Å². The van der Waals surface area contributed by atoms with E-state index in [1.54, 1.807) is 18.3 Å². The van der Waals surface area contributed by atoms with Gasteiger partial charge in [0, 0.05) is 12.7 Å². The minimum Gasteiger partial charge on any atom is -0.384 e. The lowest BCUT2D eigenvalue weighted by atomic mass is 10.2. The van der Waals surface area contributed by atoms with Crippen molar-refractivity contribution >= 4 is 5.91 Å². The monoisotopic (exact) mass is 246 g/mol. The van der Waals surface area contributed by atoms with Gasteiger partial charge in [-0.15, -0.1) is 0 Å². The van der Waals surface area contributed by atoms with Crippen LogP contribution in [0.25, 0.3) is 0 Å². The number of nitrogens with zero attached hydrogens (tertiary/aromatic N) is 1. The normalized spacial score (nSPS) is 9.44. The molecule has 1 aromatic heterocycles. The quantitative estimate of drug-likeness (QED) is 0.609. The Morgan fingerprint density at radius 1 is 1.50 bits per heavy atom. The average molecular weight is 246 g/mol. The van der Waals surface area contributed by atoms with Crippen LogP contribution in [-0.4, -0.2) is 29.1 Å². The van der Waals surface area contributed by atoms with Gasteiger partial charge >= 0.3 is 0 Å². The Morgan fingerprint density at radius 2 is 2.33 bits per heavy atom. The van der Waals surface area contributed by atoms with Crippen LogP contribution in [0.2, 0.25) is 0 Å². The van der Waals surface area contributed by atoms with Gasteiger partial charge < -0.3 is 10.4 Å². The van der Waals surface area contributed by atoms with Crippen molar-refractivity contribution in [1.82, 2.24) is 10.3 Å². The molecule has 0 aliphatic rings. The molecule has 0 saturated carbocycles. The maximum Gasteiger partial charge on any atom is 0.271 e. The molecular formula is C14H18N2O2. The second-order valence-corrected chi connectivity index (χ2v) is 3.82. The van der Waals surface area contributed by atoms with Crippen LogP contribution >= 0.6 is 0 Å². The Morgan fingerprint density at radius 3 is 3.06 bits per heavy atom. The zero-order valence-corrected chi connectivity index (χ0v) is 10.6. The smallest absolute Gasteiger partial charge is 0.271 e. The Bertz CT molecular complexity index is 447. The molecule has 1 rings (SSSR count). The van der Waals surface area contributed by atoms with E-state index >= 15 is 0 Å². The summed E-state index contributed by atoms with van der Waals surface area (Å²) in [5.41, 5.74) is 0.856. The van der Waals surface area contributed by atoms with Crippen molar-refractivity contribution in [2.75, 3.05) is 13.2 Å². The first kappa shape index (κ1) is 14.2. The number of amides is 1. The zero-order valence-electron chi connectivity index (χ0n) is 10.6. The van der Waals surface area contributed by atoms with E-state index in [2.05, 4.69) is 29.1 Å². The van der Waals surface area contributed by atoms with Crippen molar-refractivity contribution in [3.63, 3.8) is 0 Å². The van der Waals surface area contributed by atoms with Crippen molar-refractivity contribution in [3.05, 3.63) is 29.6 Å². The van der Waals surface area contributed by atoms with Gasteiger partial charge in [0.1, 0.15) is 12.3 Å². The number of pyridine rings is 1. The Kier molecular flexibility index (Phi) is 6.52. The summed E-state index contributed by atoms with van der Waals surface area (Å²) in [6.45, 7) is 2.53. The number of rotatable bonds is 5. The average Bonchev–Trinajstić information content (AvgIpc) is 2.41. The topological polar surface area (TPSA) is 62.2 Å². The summed E-state index contributed by atoms with van der Waals surface area (Å²) in [6.07, 6.45) is 4.74. The third-order valence-electron chi connectivity index (χ3n) is 2.39. The van der Waals surface area contributed by atoms with Gasteiger partial charge in [0.2, 0.25) is 0 Å². The van der Waals surface area contributed by atoms with E-state index in [1.807, 2.05) is 0 Å². The van der Waals surface area contributed by atoms with Gasteiger partial charge in [-0.1, -0.05) is 31.6 Å². The molecule has 96 valence electrons. The van der Waals surface area contributed by atoms with Crippen molar-refractivity contribution in [2.45, 2.75) is 26.2 Å². The Hall–Kier alpha value is -1.86. The molecule has 0 aliphatic carbocycles. The lowest BCUT2D eigenvalue weighted by Gasteiger charge is -2.05. The number of aliphatic hydroxyl groups is 1. The first-order valence-corrected chi connectivity index (χ1v) is 6.12. The predicted molar refractivity (Wildman–Crippen MR) is 70.1 cm³/mol. The second kappa shape index (κ2) is 8.26. The van der Waals surface area contributed by atoms with Gasteiger partial charge in [0.15, 0.2) is 0 Å². The molecule has 0 bridgehead atoms. The summed E-state index contributed by atoms with van der Waals surface area (Å²) in [5.74, 6) is 5.03. The van der Waals surface area contributed by atoms with Crippen LogP contribution in [0.15, 0.2) is 18.3 Å². The van der Waals surface area contributed by atoms with Gasteiger partial charge in [-0.3, -0.25) is 4.79 Å². The molecule has 0 spiro atoms. The third kappa shape index (κ3) is 4.56. The van der Waals surface area contributed by atoms with Crippen LogP contribution in [0.4, 0.5) is 0 Å². The third-order valence-corrected chi connectivity index (χ3v) is 2.39. The number of aliphatic hydroxyl groups excluding tert-OH is 1. The summed E-state index contributed by atoms with van der Waals surface area (Å²) in [6, 6.07) is 3.44. The van der Waals surface area contributed by atoms with Crippen molar-refractivity contribution in [2.24, 2.45) is 0 Å². The number of unbranched alkanes of at least 4 members (excludes halogenated alkanes) is 2. The van der Waals surface area contributed by atoms with Crippen LogP contribution in [0, 0.1) is 11.8 Å². The highest BCUT2D eigenvalue weighted by atomic mass is 16.2. The fourth-order valence-corrected chi connectivity index (χ4v) is 1.48. The van der Waals surface area contributed by atoms with E-state index in [1.165, 1.54) is 0 Å². The van der Waals surface area contributed by atoms with E-state index in [4.69, 9.17) is 5.11 Å². The lowest BCUT2D eigenvalue weighted by molar-refractivity contribution is 0.0947. The zero-order chi connectivity index (χ0) is 13.2. The molecule has 18 heavy (non-hydrogen) atoms. The van der Waals surface area contributed by atoms with Crippen LogP contribution in [0.3, 0.4) is 0 Å². The minimum atomic E-state index is -0.230. The Labute approximate surface area is 107 Å². The summed E-state index contributed by atoms with van der Waals surface area (Å²) in [7, 11) is 0. The highest BCUT2D eigenvalue weighted by Crippen LogP contribution is 2.03.